The molecule has 0 saturated heterocycles. The number of carbonyl (C=O) groups is 1. The zero-order valence-electron chi connectivity index (χ0n) is 11.6. The van der Waals surface area contributed by atoms with E-state index in [0.717, 1.165) is 4.90 Å². The lowest BCUT2D eigenvalue weighted by Crippen LogP contribution is -2.35. The Morgan fingerprint density at radius 2 is 2.00 bits per heavy atom. The molecule has 1 amide bonds. The Morgan fingerprint density at radius 1 is 1.25 bits per heavy atom. The van der Waals surface area contributed by atoms with Crippen molar-refractivity contribution in [3.05, 3.63) is 42.5 Å². The first-order valence-corrected chi connectivity index (χ1v) is 8.12. The second kappa shape index (κ2) is 5.88. The molecule has 0 aromatic heterocycles. The lowest BCUT2D eigenvalue weighted by molar-refractivity contribution is -0.119. The molecule has 20 heavy (non-hydrogen) atoms. The van der Waals surface area contributed by atoms with Crippen LogP contribution in [0.1, 0.15) is 19.8 Å². The minimum Gasteiger partial charge on any atom is -0.353 e. The Bertz CT molecular complexity index is 621. The van der Waals surface area contributed by atoms with Gasteiger partial charge in [0.25, 0.3) is 0 Å². The van der Waals surface area contributed by atoms with Crippen molar-refractivity contribution in [2.75, 3.05) is 5.75 Å². The van der Waals surface area contributed by atoms with Crippen molar-refractivity contribution in [3.63, 3.8) is 0 Å². The van der Waals surface area contributed by atoms with E-state index in [9.17, 15) is 4.79 Å². The molecule has 0 spiro atoms. The molecule has 2 aromatic carbocycles. The van der Waals surface area contributed by atoms with E-state index in [2.05, 4.69) is 42.6 Å². The Kier molecular flexibility index (Phi) is 3.97. The molecule has 0 aliphatic heterocycles. The number of carbonyl (C=O) groups excluding carboxylic acids is 1. The van der Waals surface area contributed by atoms with Gasteiger partial charge < -0.3 is 5.32 Å². The summed E-state index contributed by atoms with van der Waals surface area (Å²) in [4.78, 5) is 13.0. The Hall–Kier alpha value is -1.48. The van der Waals surface area contributed by atoms with Gasteiger partial charge in [0.05, 0.1) is 5.75 Å². The number of nitrogens with one attached hydrogen (secondary N) is 1. The van der Waals surface area contributed by atoms with Crippen molar-refractivity contribution in [2.24, 2.45) is 5.92 Å². The van der Waals surface area contributed by atoms with Crippen molar-refractivity contribution in [1.82, 2.24) is 5.32 Å². The van der Waals surface area contributed by atoms with Crippen LogP contribution in [0.15, 0.2) is 47.4 Å². The van der Waals surface area contributed by atoms with Crippen molar-refractivity contribution >= 4 is 28.4 Å². The Balaban J connectivity index is 1.57. The summed E-state index contributed by atoms with van der Waals surface area (Å²) in [6.45, 7) is 2.11. The number of benzene rings is 2. The van der Waals surface area contributed by atoms with Gasteiger partial charge in [-0.25, -0.2) is 0 Å². The van der Waals surface area contributed by atoms with E-state index in [4.69, 9.17) is 0 Å². The zero-order chi connectivity index (χ0) is 13.9. The topological polar surface area (TPSA) is 29.1 Å². The highest BCUT2D eigenvalue weighted by molar-refractivity contribution is 8.00. The minimum atomic E-state index is 0.141. The van der Waals surface area contributed by atoms with Gasteiger partial charge in [0.2, 0.25) is 5.91 Å². The SMILES string of the molecule is C[C@H](NC(=O)CSc1ccc2ccccc2c1)C1CC1. The monoisotopic (exact) mass is 285 g/mol. The lowest BCUT2D eigenvalue weighted by Gasteiger charge is -2.12. The number of fused-ring (bicyclic) bond motifs is 1. The molecule has 1 N–H and O–H groups in total. The third-order valence-corrected chi connectivity index (χ3v) is 4.80. The second-order valence-electron chi connectivity index (χ2n) is 5.49. The van der Waals surface area contributed by atoms with Gasteiger partial charge in [-0.2, -0.15) is 0 Å². The van der Waals surface area contributed by atoms with Crippen LogP contribution in [0.2, 0.25) is 0 Å². The van der Waals surface area contributed by atoms with E-state index in [0.29, 0.717) is 17.7 Å². The lowest BCUT2D eigenvalue weighted by atomic mass is 10.1. The van der Waals surface area contributed by atoms with Crippen LogP contribution in [0.4, 0.5) is 0 Å². The number of hydrogen-bond donors (Lipinski definition) is 1. The van der Waals surface area contributed by atoms with Crippen LogP contribution < -0.4 is 5.32 Å². The molecule has 0 radical (unpaired) electrons. The summed E-state index contributed by atoms with van der Waals surface area (Å²) in [5.41, 5.74) is 0. The fourth-order valence-electron chi connectivity index (χ4n) is 2.42. The summed E-state index contributed by atoms with van der Waals surface area (Å²) in [6, 6.07) is 15.0. The first-order chi connectivity index (χ1) is 9.72. The molecule has 1 aliphatic rings. The molecule has 1 saturated carbocycles. The first kappa shape index (κ1) is 13.5. The highest BCUT2D eigenvalue weighted by Crippen LogP contribution is 2.32. The van der Waals surface area contributed by atoms with Crippen molar-refractivity contribution in [2.45, 2.75) is 30.7 Å². The molecule has 0 bridgehead atoms. The summed E-state index contributed by atoms with van der Waals surface area (Å²) in [5.74, 6) is 1.35. The van der Waals surface area contributed by atoms with Crippen LogP contribution in [0.3, 0.4) is 0 Å². The Labute approximate surface area is 123 Å². The second-order valence-corrected chi connectivity index (χ2v) is 6.54. The van der Waals surface area contributed by atoms with Crippen LogP contribution in [0, 0.1) is 5.92 Å². The van der Waals surface area contributed by atoms with Crippen LogP contribution in [0.25, 0.3) is 10.8 Å². The standard InChI is InChI=1S/C17H19NOS/c1-12(13-6-7-13)18-17(19)11-20-16-9-8-14-4-2-3-5-15(14)10-16/h2-5,8-10,12-13H,6-7,11H2,1H3,(H,18,19)/t12-/m0/s1. The molecule has 2 aromatic rings. The van der Waals surface area contributed by atoms with Gasteiger partial charge in [-0.1, -0.05) is 30.3 Å². The van der Waals surface area contributed by atoms with E-state index in [1.165, 1.54) is 23.6 Å². The molecule has 2 nitrogen and oxygen atoms in total. The highest BCUT2D eigenvalue weighted by atomic mass is 32.2. The van der Waals surface area contributed by atoms with Crippen LogP contribution in [-0.4, -0.2) is 17.7 Å². The number of rotatable bonds is 5. The van der Waals surface area contributed by atoms with Crippen LogP contribution >= 0.6 is 11.8 Å². The predicted molar refractivity (Wildman–Crippen MR) is 85.0 cm³/mol. The van der Waals surface area contributed by atoms with Gasteiger partial charge in [-0.3, -0.25) is 4.79 Å². The number of amides is 1. The fraction of sp³-hybridized carbons (Fsp3) is 0.353. The van der Waals surface area contributed by atoms with Gasteiger partial charge in [-0.15, -0.1) is 11.8 Å². The molecule has 1 atom stereocenters. The molecule has 3 rings (SSSR count). The maximum Gasteiger partial charge on any atom is 0.230 e. The molecule has 1 fully saturated rings. The third kappa shape index (κ3) is 3.34. The number of hydrogen-bond acceptors (Lipinski definition) is 2. The van der Waals surface area contributed by atoms with Crippen molar-refractivity contribution in [1.29, 1.82) is 0 Å². The zero-order valence-corrected chi connectivity index (χ0v) is 12.5. The molecule has 104 valence electrons. The van der Waals surface area contributed by atoms with E-state index < -0.39 is 0 Å². The van der Waals surface area contributed by atoms with Gasteiger partial charge in [0, 0.05) is 10.9 Å². The van der Waals surface area contributed by atoms with Gasteiger partial charge >= 0.3 is 0 Å². The van der Waals surface area contributed by atoms with Gasteiger partial charge in [0.1, 0.15) is 0 Å². The summed E-state index contributed by atoms with van der Waals surface area (Å²) in [5, 5.41) is 5.56. The summed E-state index contributed by atoms with van der Waals surface area (Å²) < 4.78 is 0. The molecule has 3 heteroatoms. The quantitative estimate of drug-likeness (QED) is 0.846. The Morgan fingerprint density at radius 3 is 2.75 bits per heavy atom. The van der Waals surface area contributed by atoms with Gasteiger partial charge in [0.15, 0.2) is 0 Å². The summed E-state index contributed by atoms with van der Waals surface area (Å²) >= 11 is 1.61. The normalized spacial score (nSPS) is 16.1. The van der Waals surface area contributed by atoms with Crippen LogP contribution in [-0.2, 0) is 4.79 Å². The summed E-state index contributed by atoms with van der Waals surface area (Å²) in [6.07, 6.45) is 2.53. The van der Waals surface area contributed by atoms with Crippen molar-refractivity contribution in [3.8, 4) is 0 Å². The van der Waals surface area contributed by atoms with Gasteiger partial charge in [-0.05, 0) is 48.6 Å². The van der Waals surface area contributed by atoms with Crippen molar-refractivity contribution < 1.29 is 4.79 Å². The fourth-order valence-corrected chi connectivity index (χ4v) is 3.17. The molecule has 0 heterocycles. The average Bonchev–Trinajstić information content (AvgIpc) is 3.29. The van der Waals surface area contributed by atoms with E-state index in [1.807, 2.05) is 12.1 Å². The molecular weight excluding hydrogens is 266 g/mol. The summed E-state index contributed by atoms with van der Waals surface area (Å²) in [7, 11) is 0. The maximum absolute atomic E-state index is 11.9. The third-order valence-electron chi connectivity index (χ3n) is 3.81. The van der Waals surface area contributed by atoms with E-state index in [-0.39, 0.29) is 5.91 Å². The minimum absolute atomic E-state index is 0.141. The highest BCUT2D eigenvalue weighted by Gasteiger charge is 2.28. The largest absolute Gasteiger partial charge is 0.353 e. The molecular formula is C17H19NOS. The molecule has 0 unspecified atom stereocenters. The maximum atomic E-state index is 11.9. The predicted octanol–water partition coefficient (Wildman–Crippen LogP) is 3.85. The van der Waals surface area contributed by atoms with Crippen LogP contribution in [0.5, 0.6) is 0 Å². The van der Waals surface area contributed by atoms with E-state index in [1.54, 1.807) is 11.8 Å². The first-order valence-electron chi connectivity index (χ1n) is 7.13. The molecule has 1 aliphatic carbocycles. The van der Waals surface area contributed by atoms with E-state index >= 15 is 0 Å². The number of thioether (sulfide) groups is 1. The smallest absolute Gasteiger partial charge is 0.230 e. The average molecular weight is 285 g/mol.